The number of amides is 1. The van der Waals surface area contributed by atoms with Crippen molar-refractivity contribution in [2.24, 2.45) is 5.92 Å². The second kappa shape index (κ2) is 8.49. The van der Waals surface area contributed by atoms with E-state index in [1.807, 2.05) is 29.2 Å². The van der Waals surface area contributed by atoms with Crippen molar-refractivity contribution in [1.29, 1.82) is 0 Å². The van der Waals surface area contributed by atoms with Crippen LogP contribution in [0.4, 0.5) is 15.9 Å². The number of rotatable bonds is 3. The van der Waals surface area contributed by atoms with E-state index in [4.69, 9.17) is 0 Å². The highest BCUT2D eigenvalue weighted by atomic mass is 19.1. The number of fused-ring (bicyclic) bond motifs is 1. The van der Waals surface area contributed by atoms with Crippen molar-refractivity contribution in [2.75, 3.05) is 49.1 Å². The number of benzene rings is 1. The molecule has 2 aromatic heterocycles. The van der Waals surface area contributed by atoms with Crippen LogP contribution >= 0.6 is 0 Å². The first kappa shape index (κ1) is 19.7. The minimum Gasteiger partial charge on any atom is -0.370 e. The van der Waals surface area contributed by atoms with E-state index in [2.05, 4.69) is 25.1 Å². The van der Waals surface area contributed by atoms with Crippen molar-refractivity contribution in [3.8, 4) is 0 Å². The molecule has 2 saturated heterocycles. The molecule has 1 aromatic carbocycles. The van der Waals surface area contributed by atoms with Gasteiger partial charge in [-0.2, -0.15) is 4.52 Å². The molecule has 3 aromatic rings. The van der Waals surface area contributed by atoms with Crippen molar-refractivity contribution >= 4 is 23.1 Å². The fourth-order valence-corrected chi connectivity index (χ4v) is 4.55. The highest BCUT2D eigenvalue weighted by molar-refractivity contribution is 5.79. The van der Waals surface area contributed by atoms with Gasteiger partial charge in [0, 0.05) is 50.9 Å². The van der Waals surface area contributed by atoms with Gasteiger partial charge in [-0.25, -0.2) is 4.39 Å². The summed E-state index contributed by atoms with van der Waals surface area (Å²) in [7, 11) is 0. The van der Waals surface area contributed by atoms with E-state index in [0.717, 1.165) is 69.1 Å². The van der Waals surface area contributed by atoms with E-state index < -0.39 is 0 Å². The van der Waals surface area contributed by atoms with Crippen LogP contribution in [0.1, 0.15) is 19.3 Å². The standard InChI is InChI=1S/C22H26FN7O/c23-18-2-4-19(5-3-18)27-10-1-11-29(15-14-27)22(31)17-8-12-28(13-9-17)21-7-6-20-25-24-16-30(20)26-21/h2-7,16-17H,1,8-15H2. The molecule has 0 atom stereocenters. The molecular weight excluding hydrogens is 397 g/mol. The second-order valence-corrected chi connectivity index (χ2v) is 8.23. The summed E-state index contributed by atoms with van der Waals surface area (Å²) in [6.07, 6.45) is 4.19. The topological polar surface area (TPSA) is 69.9 Å². The summed E-state index contributed by atoms with van der Waals surface area (Å²) in [6.45, 7) is 4.77. The molecule has 2 aliphatic rings. The first-order chi connectivity index (χ1) is 15.2. The molecule has 1 amide bonds. The molecule has 0 spiro atoms. The lowest BCUT2D eigenvalue weighted by Crippen LogP contribution is -2.44. The maximum absolute atomic E-state index is 13.2. The van der Waals surface area contributed by atoms with E-state index >= 15 is 0 Å². The van der Waals surface area contributed by atoms with E-state index in [1.54, 1.807) is 10.8 Å². The van der Waals surface area contributed by atoms with Crippen LogP contribution in [0.25, 0.3) is 5.65 Å². The number of halogens is 1. The summed E-state index contributed by atoms with van der Waals surface area (Å²) >= 11 is 0. The lowest BCUT2D eigenvalue weighted by Gasteiger charge is -2.34. The Balaban J connectivity index is 1.17. The highest BCUT2D eigenvalue weighted by Gasteiger charge is 2.30. The molecule has 0 unspecified atom stereocenters. The first-order valence-electron chi connectivity index (χ1n) is 10.9. The van der Waals surface area contributed by atoms with E-state index in [1.165, 1.54) is 12.1 Å². The van der Waals surface area contributed by atoms with Crippen molar-refractivity contribution in [1.82, 2.24) is 24.7 Å². The first-order valence-corrected chi connectivity index (χ1v) is 10.9. The molecule has 0 N–H and O–H groups in total. The Morgan fingerprint density at radius 1 is 0.903 bits per heavy atom. The molecule has 2 fully saturated rings. The molecule has 31 heavy (non-hydrogen) atoms. The average Bonchev–Trinajstić information content (AvgIpc) is 3.14. The van der Waals surface area contributed by atoms with Crippen LogP contribution in [0, 0.1) is 11.7 Å². The van der Waals surface area contributed by atoms with Crippen molar-refractivity contribution < 1.29 is 9.18 Å². The van der Waals surface area contributed by atoms with Gasteiger partial charge in [0.25, 0.3) is 0 Å². The minimum absolute atomic E-state index is 0.0623. The summed E-state index contributed by atoms with van der Waals surface area (Å²) in [6, 6.07) is 10.5. The molecule has 4 heterocycles. The maximum Gasteiger partial charge on any atom is 0.225 e. The lowest BCUT2D eigenvalue weighted by atomic mass is 9.95. The fourth-order valence-electron chi connectivity index (χ4n) is 4.55. The van der Waals surface area contributed by atoms with Crippen molar-refractivity contribution in [3.63, 3.8) is 0 Å². The summed E-state index contributed by atoms with van der Waals surface area (Å²) in [4.78, 5) is 19.7. The van der Waals surface area contributed by atoms with Gasteiger partial charge in [-0.15, -0.1) is 15.3 Å². The van der Waals surface area contributed by atoms with Gasteiger partial charge in [0.2, 0.25) is 5.91 Å². The third-order valence-corrected chi connectivity index (χ3v) is 6.32. The monoisotopic (exact) mass is 423 g/mol. The van der Waals surface area contributed by atoms with Crippen LogP contribution in [0.5, 0.6) is 0 Å². The summed E-state index contributed by atoms with van der Waals surface area (Å²) in [5.74, 6) is 0.997. The molecule has 2 aliphatic heterocycles. The number of carbonyl (C=O) groups is 1. The van der Waals surface area contributed by atoms with Gasteiger partial charge in [-0.05, 0) is 55.7 Å². The normalized spacial score (nSPS) is 18.4. The van der Waals surface area contributed by atoms with Gasteiger partial charge in [-0.3, -0.25) is 4.79 Å². The zero-order valence-corrected chi connectivity index (χ0v) is 17.4. The number of piperidine rings is 1. The van der Waals surface area contributed by atoms with Crippen LogP contribution in [-0.2, 0) is 4.79 Å². The number of aromatic nitrogens is 4. The van der Waals surface area contributed by atoms with Gasteiger partial charge in [0.1, 0.15) is 18.0 Å². The predicted molar refractivity (Wildman–Crippen MR) is 116 cm³/mol. The Hall–Kier alpha value is -3.23. The van der Waals surface area contributed by atoms with Gasteiger partial charge in [-0.1, -0.05) is 0 Å². The van der Waals surface area contributed by atoms with Crippen molar-refractivity contribution in [3.05, 3.63) is 48.5 Å². The largest absolute Gasteiger partial charge is 0.370 e. The zero-order chi connectivity index (χ0) is 21.2. The number of hydrogen-bond acceptors (Lipinski definition) is 6. The third-order valence-electron chi connectivity index (χ3n) is 6.32. The SMILES string of the molecule is O=C(C1CCN(c2ccc3nncn3n2)CC1)N1CCCN(c2ccc(F)cc2)CC1. The Morgan fingerprint density at radius 3 is 2.52 bits per heavy atom. The van der Waals surface area contributed by atoms with Crippen LogP contribution in [-0.4, -0.2) is 69.9 Å². The Kier molecular flexibility index (Phi) is 5.40. The number of nitrogens with zero attached hydrogens (tertiary/aromatic N) is 7. The number of hydrogen-bond donors (Lipinski definition) is 0. The molecule has 0 saturated carbocycles. The molecule has 0 radical (unpaired) electrons. The molecule has 0 bridgehead atoms. The molecular formula is C22H26FN7O. The smallest absolute Gasteiger partial charge is 0.225 e. The van der Waals surface area contributed by atoms with Gasteiger partial charge in [0.05, 0.1) is 0 Å². The number of anilines is 2. The Bertz CT molecular complexity index is 1050. The Labute approximate surface area is 180 Å². The predicted octanol–water partition coefficient (Wildman–Crippen LogP) is 2.22. The third kappa shape index (κ3) is 4.17. The second-order valence-electron chi connectivity index (χ2n) is 8.23. The summed E-state index contributed by atoms with van der Waals surface area (Å²) < 4.78 is 14.9. The van der Waals surface area contributed by atoms with Crippen LogP contribution < -0.4 is 9.80 Å². The lowest BCUT2D eigenvalue weighted by molar-refractivity contribution is -0.135. The summed E-state index contributed by atoms with van der Waals surface area (Å²) in [5, 5.41) is 12.4. The Morgan fingerprint density at radius 2 is 1.71 bits per heavy atom. The van der Waals surface area contributed by atoms with E-state index in [-0.39, 0.29) is 17.6 Å². The van der Waals surface area contributed by atoms with Crippen LogP contribution in [0.2, 0.25) is 0 Å². The van der Waals surface area contributed by atoms with Gasteiger partial charge in [0.15, 0.2) is 5.65 Å². The zero-order valence-electron chi connectivity index (χ0n) is 17.4. The maximum atomic E-state index is 13.2. The molecule has 9 heteroatoms. The summed E-state index contributed by atoms with van der Waals surface area (Å²) in [5.41, 5.74) is 1.74. The highest BCUT2D eigenvalue weighted by Crippen LogP contribution is 2.25. The van der Waals surface area contributed by atoms with Crippen molar-refractivity contribution in [2.45, 2.75) is 19.3 Å². The molecule has 5 rings (SSSR count). The van der Waals surface area contributed by atoms with Crippen LogP contribution in [0.3, 0.4) is 0 Å². The van der Waals surface area contributed by atoms with Gasteiger partial charge >= 0.3 is 0 Å². The number of carbonyl (C=O) groups excluding carboxylic acids is 1. The van der Waals surface area contributed by atoms with E-state index in [0.29, 0.717) is 6.54 Å². The fraction of sp³-hybridized carbons (Fsp3) is 0.455. The quantitative estimate of drug-likeness (QED) is 0.644. The van der Waals surface area contributed by atoms with E-state index in [9.17, 15) is 9.18 Å². The minimum atomic E-state index is -0.224. The molecule has 162 valence electrons. The van der Waals surface area contributed by atoms with Crippen LogP contribution in [0.15, 0.2) is 42.7 Å². The van der Waals surface area contributed by atoms with Gasteiger partial charge < -0.3 is 14.7 Å². The average molecular weight is 423 g/mol. The molecule has 8 nitrogen and oxygen atoms in total. The molecule has 0 aliphatic carbocycles.